The lowest BCUT2D eigenvalue weighted by Crippen LogP contribution is -2.16. The van der Waals surface area contributed by atoms with Gasteiger partial charge in [0.1, 0.15) is 0 Å². The van der Waals surface area contributed by atoms with E-state index in [4.69, 9.17) is 0 Å². The summed E-state index contributed by atoms with van der Waals surface area (Å²) in [6, 6.07) is 0. The monoisotopic (exact) mass is 154 g/mol. The smallest absolute Gasteiger partial charge is 0.0518 e. The third kappa shape index (κ3) is 0.185. The fourth-order valence-electron chi connectivity index (χ4n) is 4.47. The van der Waals surface area contributed by atoms with E-state index in [1.165, 1.54) is 26.9 Å². The molecule has 0 aromatic carbocycles. The molecule has 7 aliphatic rings. The topological polar surface area (TPSA) is 0 Å². The third-order valence-electron chi connectivity index (χ3n) is 5.04. The van der Waals surface area contributed by atoms with E-state index in [2.05, 4.69) is 6.08 Å². The van der Waals surface area contributed by atoms with E-state index in [0.29, 0.717) is 0 Å². The lowest BCUT2D eigenvalue weighted by Gasteiger charge is -2.26. The van der Waals surface area contributed by atoms with E-state index < -0.39 is 0 Å². The van der Waals surface area contributed by atoms with Crippen LogP contribution in [0.4, 0.5) is 0 Å². The maximum atomic E-state index is 2.66. The van der Waals surface area contributed by atoms with Crippen molar-refractivity contribution < 1.29 is 0 Å². The van der Waals surface area contributed by atoms with Crippen LogP contribution in [0.1, 0.15) is 0 Å². The molecule has 5 aliphatic carbocycles. The number of hydrogen-bond donors (Lipinski definition) is 0. The molecule has 0 aromatic heterocycles. The normalized spacial score (nSPS) is 80.0. The molecule has 3 saturated carbocycles. The van der Waals surface area contributed by atoms with Gasteiger partial charge in [-0.3, -0.25) is 0 Å². The minimum atomic E-state index is 0.894. The Bertz CT molecular complexity index is 418. The fraction of sp³-hybridized carbons (Fsp3) is 0.600. The van der Waals surface area contributed by atoms with Crippen LogP contribution in [-0.2, 0) is 0 Å². The number of rotatable bonds is 0. The highest BCUT2D eigenvalue weighted by Crippen LogP contribution is 3.03. The molecule has 4 unspecified atom stereocenters. The Morgan fingerprint density at radius 2 is 2.18 bits per heavy atom. The second-order valence-electron chi connectivity index (χ2n) is 5.04. The lowest BCUT2D eigenvalue weighted by atomic mass is 9.79. The van der Waals surface area contributed by atoms with Crippen molar-refractivity contribution in [1.82, 2.24) is 0 Å². The molecule has 7 rings (SSSR count). The quantitative estimate of drug-likeness (QED) is 0.463. The molecule has 1 heteroatoms. The molecule has 2 radical (unpaired) electrons. The highest BCUT2D eigenvalue weighted by atomic mass is 28.2. The van der Waals surface area contributed by atoms with Crippen LogP contribution in [0.3, 0.4) is 0 Å². The van der Waals surface area contributed by atoms with E-state index in [9.17, 15) is 0 Å². The van der Waals surface area contributed by atoms with Crippen LogP contribution < -0.4 is 0 Å². The summed E-state index contributed by atoms with van der Waals surface area (Å²) in [5.74, 6) is 3.49. The summed E-state index contributed by atoms with van der Waals surface area (Å²) in [5, 5.41) is 0. The van der Waals surface area contributed by atoms with Gasteiger partial charge in [-0.05, 0) is 39.6 Å². The summed E-state index contributed by atoms with van der Waals surface area (Å²) in [5.41, 5.74) is 8.83. The minimum Gasteiger partial charge on any atom is -0.0792 e. The molecule has 11 heavy (non-hydrogen) atoms. The summed E-state index contributed by atoms with van der Waals surface area (Å²) in [4.78, 5) is 0. The van der Waals surface area contributed by atoms with Crippen LogP contribution >= 0.6 is 0 Å². The molecule has 0 nitrogen and oxygen atoms in total. The summed E-state index contributed by atoms with van der Waals surface area (Å²) < 4.78 is 0. The van der Waals surface area contributed by atoms with E-state index in [1.807, 2.05) is 11.1 Å². The molecule has 2 bridgehead atoms. The van der Waals surface area contributed by atoms with Gasteiger partial charge in [0.15, 0.2) is 0 Å². The van der Waals surface area contributed by atoms with Gasteiger partial charge < -0.3 is 0 Å². The van der Waals surface area contributed by atoms with Gasteiger partial charge >= 0.3 is 0 Å². The van der Waals surface area contributed by atoms with Gasteiger partial charge in [-0.15, -0.1) is 0 Å². The maximum Gasteiger partial charge on any atom is 0.0518 e. The molecule has 5 fully saturated rings. The molecule has 2 saturated heterocycles. The largest absolute Gasteiger partial charge is 0.0792 e. The number of allylic oxidation sites excluding steroid dienone is 4. The molecule has 1 spiro atoms. The van der Waals surface area contributed by atoms with Crippen molar-refractivity contribution in [3.8, 4) is 0 Å². The van der Waals surface area contributed by atoms with Gasteiger partial charge in [-0.2, -0.15) is 0 Å². The Balaban J connectivity index is 1.84. The Morgan fingerprint density at radius 3 is 3.00 bits per heavy atom. The second kappa shape index (κ2) is 0.730. The average molecular weight is 154 g/mol. The van der Waals surface area contributed by atoms with Crippen molar-refractivity contribution in [2.75, 3.05) is 0 Å². The fourth-order valence-corrected chi connectivity index (χ4v) is 7.25. The van der Waals surface area contributed by atoms with Gasteiger partial charge in [-0.1, -0.05) is 6.08 Å². The SMILES string of the molecule is C1=C2C3=C(C23)C23C1[Si]C1C2C13. The van der Waals surface area contributed by atoms with Gasteiger partial charge in [0, 0.05) is 11.3 Å². The molecular formula is C10H6Si. The zero-order valence-corrected chi connectivity index (χ0v) is 6.96. The first-order valence-electron chi connectivity index (χ1n) is 4.68. The first-order chi connectivity index (χ1) is 5.45. The molecule has 2 heterocycles. The zero-order valence-electron chi connectivity index (χ0n) is 5.96. The highest BCUT2D eigenvalue weighted by Gasteiger charge is 2.95. The van der Waals surface area contributed by atoms with Crippen molar-refractivity contribution in [2.24, 2.45) is 23.2 Å². The molecule has 2 aliphatic heterocycles. The van der Waals surface area contributed by atoms with E-state index in [-0.39, 0.29) is 0 Å². The van der Waals surface area contributed by atoms with E-state index >= 15 is 0 Å². The van der Waals surface area contributed by atoms with Crippen molar-refractivity contribution in [2.45, 2.75) is 11.1 Å². The van der Waals surface area contributed by atoms with Crippen LogP contribution in [0.25, 0.3) is 0 Å². The predicted molar refractivity (Wildman–Crippen MR) is 41.3 cm³/mol. The Kier molecular flexibility index (Phi) is 0.271. The highest BCUT2D eigenvalue weighted by molar-refractivity contribution is 6.48. The number of fused-ring (bicyclic) bond motifs is 2. The van der Waals surface area contributed by atoms with Crippen LogP contribution in [0.2, 0.25) is 11.1 Å². The van der Waals surface area contributed by atoms with Crippen molar-refractivity contribution in [3.63, 3.8) is 0 Å². The Morgan fingerprint density at radius 1 is 1.36 bits per heavy atom. The average Bonchev–Trinajstić information content (AvgIpc) is 2.87. The van der Waals surface area contributed by atoms with E-state index in [1.54, 1.807) is 5.57 Å². The lowest BCUT2D eigenvalue weighted by molar-refractivity contribution is 0.476. The standard InChI is InChI=1S/C10H6Si/c1-2-4-5(2)6(4)10-3(1)11-9-7(10)8(9)10/h1,3-4,7-9H. The van der Waals surface area contributed by atoms with Gasteiger partial charge in [0.05, 0.1) is 9.52 Å². The first-order valence-corrected chi connectivity index (χ1v) is 5.84. The van der Waals surface area contributed by atoms with Crippen molar-refractivity contribution in [1.29, 1.82) is 0 Å². The Hall–Kier alpha value is -0.303. The van der Waals surface area contributed by atoms with Gasteiger partial charge in [0.2, 0.25) is 0 Å². The van der Waals surface area contributed by atoms with Gasteiger partial charge in [0.25, 0.3) is 0 Å². The second-order valence-corrected chi connectivity index (χ2v) is 6.66. The summed E-state index contributed by atoms with van der Waals surface area (Å²) in [7, 11) is 1.33. The summed E-state index contributed by atoms with van der Waals surface area (Å²) >= 11 is 0. The predicted octanol–water partition coefficient (Wildman–Crippen LogP) is 1.41. The molecule has 0 amide bonds. The third-order valence-corrected chi connectivity index (χ3v) is 7.14. The van der Waals surface area contributed by atoms with Crippen LogP contribution in [0.5, 0.6) is 0 Å². The van der Waals surface area contributed by atoms with Crippen LogP contribution in [0.15, 0.2) is 22.8 Å². The maximum absolute atomic E-state index is 2.66. The van der Waals surface area contributed by atoms with Crippen molar-refractivity contribution in [3.05, 3.63) is 22.8 Å². The van der Waals surface area contributed by atoms with Gasteiger partial charge in [-0.25, -0.2) is 0 Å². The molecule has 0 aromatic rings. The minimum absolute atomic E-state index is 0.894. The molecule has 0 N–H and O–H groups in total. The van der Waals surface area contributed by atoms with E-state index in [0.717, 1.165) is 16.9 Å². The van der Waals surface area contributed by atoms with Crippen LogP contribution in [-0.4, -0.2) is 9.52 Å². The molecular weight excluding hydrogens is 148 g/mol. The summed E-state index contributed by atoms with van der Waals surface area (Å²) in [6.07, 6.45) is 2.66. The zero-order chi connectivity index (χ0) is 6.53. The Labute approximate surface area is 67.2 Å². The summed E-state index contributed by atoms with van der Waals surface area (Å²) in [6.45, 7) is 0. The molecule has 50 valence electrons. The van der Waals surface area contributed by atoms with Crippen LogP contribution in [0, 0.1) is 23.2 Å². The molecule has 4 atom stereocenters. The first kappa shape index (κ1) is 4.08. The number of hydrogen-bond acceptors (Lipinski definition) is 0. The van der Waals surface area contributed by atoms with Crippen molar-refractivity contribution >= 4 is 9.52 Å².